The zero-order chi connectivity index (χ0) is 13.9. The minimum Gasteiger partial charge on any atom is -0.477 e. The van der Waals surface area contributed by atoms with Crippen LogP contribution in [0.4, 0.5) is 8.63 Å². The number of nitrogens with zero attached hydrogens (tertiary/aromatic N) is 2. The molecule has 0 spiro atoms. The number of fused-ring (bicyclic) bond motifs is 2. The summed E-state index contributed by atoms with van der Waals surface area (Å²) in [5.74, 6) is -1.20. The number of allylic oxidation sites excluding steroid dienone is 2. The zero-order valence-corrected chi connectivity index (χ0v) is 10.4. The van der Waals surface area contributed by atoms with E-state index in [0.29, 0.717) is 11.4 Å². The summed E-state index contributed by atoms with van der Waals surface area (Å²) < 4.78 is 30.8. The van der Waals surface area contributed by atoms with Crippen molar-refractivity contribution in [2.45, 2.75) is 13.8 Å². The van der Waals surface area contributed by atoms with Crippen LogP contribution in [0.5, 0.6) is 0 Å². The molecule has 98 valence electrons. The topological polar surface area (TPSA) is 45.2 Å². The van der Waals surface area contributed by atoms with Crippen LogP contribution in [0.1, 0.15) is 18.3 Å². The van der Waals surface area contributed by atoms with Gasteiger partial charge in [-0.15, -0.1) is 0 Å². The Bertz CT molecular complexity index is 713. The maximum atomic E-state index is 14.6. The Kier molecular flexibility index (Phi) is 2.15. The summed E-state index contributed by atoms with van der Waals surface area (Å²) in [7, 11) is 0. The predicted octanol–water partition coefficient (Wildman–Crippen LogP) is 1.87. The lowest BCUT2D eigenvalue weighted by Gasteiger charge is -2.31. The number of rotatable bonds is 1. The number of carboxylic acid groups (broad SMARTS) is 1. The molecule has 19 heavy (non-hydrogen) atoms. The third-order valence-electron chi connectivity index (χ3n) is 3.59. The maximum absolute atomic E-state index is 14.6. The second-order valence-electron chi connectivity index (χ2n) is 4.73. The summed E-state index contributed by atoms with van der Waals surface area (Å²) in [5, 5.41) is 9.32. The molecular weight excluding hydrogens is 253 g/mol. The number of aryl methyl sites for hydroxylation is 1. The van der Waals surface area contributed by atoms with Crippen LogP contribution >= 0.6 is 0 Å². The lowest BCUT2D eigenvalue weighted by molar-refractivity contribution is -0.362. The largest absolute Gasteiger partial charge is 0.737 e. The van der Waals surface area contributed by atoms with Gasteiger partial charge in [0.1, 0.15) is 11.3 Å². The molecule has 4 nitrogen and oxygen atoms in total. The Balaban J connectivity index is 2.46. The van der Waals surface area contributed by atoms with Gasteiger partial charge in [0, 0.05) is 24.8 Å². The first-order valence-corrected chi connectivity index (χ1v) is 5.85. The molecule has 0 fully saturated rings. The molecule has 1 aromatic heterocycles. The van der Waals surface area contributed by atoms with E-state index < -0.39 is 12.9 Å². The predicted molar refractivity (Wildman–Crippen MR) is 67.2 cm³/mol. The van der Waals surface area contributed by atoms with Crippen molar-refractivity contribution in [1.29, 1.82) is 0 Å². The van der Waals surface area contributed by atoms with Gasteiger partial charge in [-0.1, -0.05) is 0 Å². The average Bonchev–Trinajstić information content (AvgIpc) is 2.84. The van der Waals surface area contributed by atoms with E-state index in [0.717, 1.165) is 8.96 Å². The number of hydrogen-bond donors (Lipinski definition) is 1. The molecule has 1 aromatic rings. The molecule has 3 heterocycles. The molecule has 2 aliphatic rings. The lowest BCUT2D eigenvalue weighted by atomic mass is 9.88. The van der Waals surface area contributed by atoms with E-state index in [9.17, 15) is 18.5 Å². The monoisotopic (exact) mass is 264 g/mol. The second-order valence-corrected chi connectivity index (χ2v) is 4.73. The third kappa shape index (κ3) is 1.32. The molecule has 3 rings (SSSR count). The summed E-state index contributed by atoms with van der Waals surface area (Å²) in [6, 6.07) is 2.94. The fourth-order valence-corrected chi connectivity index (χ4v) is 2.80. The molecule has 1 N–H and O–H groups in total. The van der Waals surface area contributed by atoms with Crippen LogP contribution in [0, 0.1) is 6.92 Å². The molecule has 0 saturated carbocycles. The summed E-state index contributed by atoms with van der Waals surface area (Å²) >= 11 is 0. The summed E-state index contributed by atoms with van der Waals surface area (Å²) in [6.07, 6.45) is 2.94. The minimum absolute atomic E-state index is 0.0561. The smallest absolute Gasteiger partial charge is 0.477 e. The summed E-state index contributed by atoms with van der Waals surface area (Å²) in [6.45, 7) is -0.957. The first-order valence-electron chi connectivity index (χ1n) is 5.85. The first-order chi connectivity index (χ1) is 8.85. The van der Waals surface area contributed by atoms with Gasteiger partial charge in [0.25, 0.3) is 0 Å². The van der Waals surface area contributed by atoms with Crippen LogP contribution in [-0.2, 0) is 4.79 Å². The highest BCUT2D eigenvalue weighted by Crippen LogP contribution is 2.37. The molecule has 0 aliphatic carbocycles. The van der Waals surface area contributed by atoms with Crippen LogP contribution in [-0.4, -0.2) is 32.7 Å². The van der Waals surface area contributed by atoms with Gasteiger partial charge in [-0.2, -0.15) is 0 Å². The quantitative estimate of drug-likeness (QED) is 0.787. The average molecular weight is 264 g/mol. The van der Waals surface area contributed by atoms with Crippen molar-refractivity contribution in [1.82, 2.24) is 4.48 Å². The molecule has 7 heteroatoms. The number of hydrogen-bond acceptors (Lipinski definition) is 1. The van der Waals surface area contributed by atoms with Crippen molar-refractivity contribution >= 4 is 24.2 Å². The summed E-state index contributed by atoms with van der Waals surface area (Å²) in [4.78, 5) is 11.4. The van der Waals surface area contributed by atoms with Crippen LogP contribution in [0.25, 0.3) is 5.57 Å². The molecule has 2 aliphatic heterocycles. The van der Waals surface area contributed by atoms with Crippen molar-refractivity contribution in [3.8, 4) is 0 Å². The Morgan fingerprint density at radius 2 is 2.00 bits per heavy atom. The van der Waals surface area contributed by atoms with Crippen molar-refractivity contribution in [3.63, 3.8) is 0 Å². The summed E-state index contributed by atoms with van der Waals surface area (Å²) in [5.41, 5.74) is 0.713. The van der Waals surface area contributed by atoms with Crippen molar-refractivity contribution in [3.05, 3.63) is 41.4 Å². The Morgan fingerprint density at radius 3 is 2.63 bits per heavy atom. The van der Waals surface area contributed by atoms with Crippen molar-refractivity contribution in [2.75, 3.05) is 0 Å². The van der Waals surface area contributed by atoms with Gasteiger partial charge in [-0.25, -0.2) is 4.79 Å². The van der Waals surface area contributed by atoms with E-state index in [4.69, 9.17) is 0 Å². The van der Waals surface area contributed by atoms with Crippen LogP contribution in [0.2, 0.25) is 0 Å². The molecule has 0 amide bonds. The lowest BCUT2D eigenvalue weighted by Crippen LogP contribution is -2.51. The first kappa shape index (κ1) is 11.9. The van der Waals surface area contributed by atoms with Gasteiger partial charge in [0.05, 0.1) is 0 Å². The number of carbonyl (C=O) groups is 1. The van der Waals surface area contributed by atoms with Gasteiger partial charge >= 0.3 is 12.9 Å². The van der Waals surface area contributed by atoms with E-state index in [1.807, 2.05) is 0 Å². The van der Waals surface area contributed by atoms with E-state index in [2.05, 4.69) is 0 Å². The minimum atomic E-state index is -4.05. The van der Waals surface area contributed by atoms with Gasteiger partial charge in [-0.3, -0.25) is 0 Å². The van der Waals surface area contributed by atoms with Gasteiger partial charge < -0.3 is 22.7 Å². The van der Waals surface area contributed by atoms with E-state index >= 15 is 0 Å². The molecule has 0 radical (unpaired) electrons. The van der Waals surface area contributed by atoms with E-state index in [1.54, 1.807) is 13.8 Å². The van der Waals surface area contributed by atoms with Gasteiger partial charge in [0.15, 0.2) is 5.70 Å². The van der Waals surface area contributed by atoms with Gasteiger partial charge in [-0.05, 0) is 24.8 Å². The van der Waals surface area contributed by atoms with Crippen LogP contribution in [0.3, 0.4) is 0 Å². The fraction of sp³-hybridized carbons (Fsp3) is 0.167. The molecule has 0 unspecified atom stereocenters. The highest BCUT2D eigenvalue weighted by Gasteiger charge is 2.54. The molecule has 0 saturated heterocycles. The van der Waals surface area contributed by atoms with Crippen molar-refractivity contribution < 1.29 is 23.0 Å². The third-order valence-corrected chi connectivity index (χ3v) is 3.59. The molecule has 0 bridgehead atoms. The second kappa shape index (κ2) is 3.43. The van der Waals surface area contributed by atoms with E-state index in [1.165, 1.54) is 24.3 Å². The molecule has 0 atom stereocenters. The molecule has 0 aromatic carbocycles. The Morgan fingerprint density at radius 1 is 1.32 bits per heavy atom. The van der Waals surface area contributed by atoms with Crippen LogP contribution < -0.4 is 0 Å². The fourth-order valence-electron chi connectivity index (χ4n) is 2.80. The van der Waals surface area contributed by atoms with E-state index in [-0.39, 0.29) is 17.0 Å². The van der Waals surface area contributed by atoms with Crippen molar-refractivity contribution in [2.24, 2.45) is 0 Å². The van der Waals surface area contributed by atoms with Crippen LogP contribution in [0.15, 0.2) is 30.0 Å². The number of aliphatic carboxylic acids is 1. The number of carboxylic acids is 1. The normalized spacial score (nSPS) is 19.8. The Labute approximate surface area is 108 Å². The SMILES string of the molecule is CC1=[N+]2C(=C(C(=O)O)c3ccc(C)n3[B-]2(F)F)C=C1. The maximum Gasteiger partial charge on any atom is 0.737 e. The van der Waals surface area contributed by atoms with Gasteiger partial charge in [0.2, 0.25) is 0 Å². The zero-order valence-electron chi connectivity index (χ0n) is 10.4. The molecular formula is C12H11BF2N2O2. The highest BCUT2D eigenvalue weighted by molar-refractivity contribution is 6.58. The number of halogens is 2. The standard InChI is InChI=1S/C12H11BF2N2O2/c1-7-3-5-9-11(12(18)19)10-6-4-8(2)17(10)13(14,15)16(7)9/h3-6H,1-2H3,(H,18,19). The number of aromatic nitrogens is 1. The Hall–Kier alpha value is -2.18. The highest BCUT2D eigenvalue weighted by atomic mass is 19.2.